The molecule has 236 valence electrons. The first-order valence-corrected chi connectivity index (χ1v) is 15.4. The van der Waals surface area contributed by atoms with Crippen molar-refractivity contribution in [1.82, 2.24) is 19.4 Å². The Morgan fingerprint density at radius 3 is 2.36 bits per heavy atom. The molecule has 2 fully saturated rings. The summed E-state index contributed by atoms with van der Waals surface area (Å²) in [6.45, 7) is 7.70. The lowest BCUT2D eigenvalue weighted by molar-refractivity contribution is 0.0694. The predicted molar refractivity (Wildman–Crippen MR) is 172 cm³/mol. The number of carboxylic acid groups (broad SMARTS) is 1. The van der Waals surface area contributed by atoms with E-state index in [9.17, 15) is 24.3 Å². The van der Waals surface area contributed by atoms with Crippen molar-refractivity contribution in [3.63, 3.8) is 0 Å². The van der Waals surface area contributed by atoms with Crippen LogP contribution in [0.5, 0.6) is 0 Å². The molecule has 0 radical (unpaired) electrons. The minimum Gasteiger partial charge on any atom is -0.477 e. The molecule has 11 nitrogen and oxygen atoms in total. The van der Waals surface area contributed by atoms with Crippen molar-refractivity contribution >= 4 is 34.1 Å². The van der Waals surface area contributed by atoms with Crippen molar-refractivity contribution in [2.24, 2.45) is 0 Å². The molecule has 0 amide bonds. The van der Waals surface area contributed by atoms with Crippen molar-refractivity contribution in [3.8, 4) is 0 Å². The van der Waals surface area contributed by atoms with Crippen molar-refractivity contribution in [1.29, 1.82) is 0 Å². The fourth-order valence-electron chi connectivity index (χ4n) is 6.04. The molecular formula is C33H37FN6O5. The van der Waals surface area contributed by atoms with E-state index in [0.717, 1.165) is 48.7 Å². The number of pyridine rings is 1. The van der Waals surface area contributed by atoms with Gasteiger partial charge in [-0.3, -0.25) is 24.0 Å². The average Bonchev–Trinajstić information content (AvgIpc) is 3.84. The molecule has 4 N–H and O–H groups in total. The average molecular weight is 617 g/mol. The molecule has 2 aromatic heterocycles. The van der Waals surface area contributed by atoms with Crippen LogP contribution in [0.1, 0.15) is 58.8 Å². The summed E-state index contributed by atoms with van der Waals surface area (Å²) in [6, 6.07) is 10.0. The summed E-state index contributed by atoms with van der Waals surface area (Å²) in [4.78, 5) is 60.1. The van der Waals surface area contributed by atoms with Crippen LogP contribution in [-0.2, 0) is 6.54 Å². The monoisotopic (exact) mass is 616 g/mol. The molecule has 6 rings (SSSR count). The van der Waals surface area contributed by atoms with Crippen LogP contribution in [0.3, 0.4) is 0 Å². The Hall–Kier alpha value is -4.71. The zero-order chi connectivity index (χ0) is 31.8. The maximum atomic E-state index is 15.2. The van der Waals surface area contributed by atoms with Gasteiger partial charge in [0.15, 0.2) is 0 Å². The number of H-pyrrole nitrogens is 2. The van der Waals surface area contributed by atoms with Crippen LogP contribution < -0.4 is 26.9 Å². The van der Waals surface area contributed by atoms with Gasteiger partial charge in [-0.25, -0.2) is 14.0 Å². The first-order chi connectivity index (χ1) is 21.6. The highest BCUT2D eigenvalue weighted by molar-refractivity contribution is 5.95. The fourth-order valence-corrected chi connectivity index (χ4v) is 6.04. The van der Waals surface area contributed by atoms with E-state index in [-0.39, 0.29) is 22.4 Å². The number of halogens is 1. The summed E-state index contributed by atoms with van der Waals surface area (Å²) in [5.41, 5.74) is 2.57. The Morgan fingerprint density at radius 2 is 1.69 bits per heavy atom. The Balaban J connectivity index is 1.03. The number of aromatic carboxylic acids is 1. The number of piperazine rings is 1. The third-order valence-corrected chi connectivity index (χ3v) is 8.92. The number of carbonyl (C=O) groups is 1. The number of anilines is 3. The summed E-state index contributed by atoms with van der Waals surface area (Å²) < 4.78 is 16.4. The van der Waals surface area contributed by atoms with Gasteiger partial charge in [-0.1, -0.05) is 6.07 Å². The molecule has 45 heavy (non-hydrogen) atoms. The summed E-state index contributed by atoms with van der Waals surface area (Å²) in [6.07, 6.45) is 3.09. The van der Waals surface area contributed by atoms with Gasteiger partial charge in [0.1, 0.15) is 17.2 Å². The third kappa shape index (κ3) is 6.41. The van der Waals surface area contributed by atoms with Crippen LogP contribution in [0.4, 0.5) is 21.6 Å². The molecule has 1 aliphatic heterocycles. The van der Waals surface area contributed by atoms with Gasteiger partial charge in [-0.05, 0) is 81.5 Å². The number of nitrogens with one attached hydrogen (secondary N) is 3. The summed E-state index contributed by atoms with van der Waals surface area (Å²) in [5.74, 6) is -1.47. The number of aryl methyl sites for hydroxylation is 2. The van der Waals surface area contributed by atoms with Crippen LogP contribution >= 0.6 is 0 Å². The number of hydrogen-bond acceptors (Lipinski definition) is 7. The number of fused-ring (bicyclic) bond motifs is 1. The van der Waals surface area contributed by atoms with Crippen molar-refractivity contribution in [2.75, 3.05) is 42.9 Å². The van der Waals surface area contributed by atoms with E-state index in [0.29, 0.717) is 61.9 Å². The van der Waals surface area contributed by atoms with Gasteiger partial charge in [0.05, 0.1) is 11.2 Å². The Labute approximate surface area is 258 Å². The topological polar surface area (TPSA) is 144 Å². The highest BCUT2D eigenvalue weighted by Crippen LogP contribution is 2.41. The van der Waals surface area contributed by atoms with Gasteiger partial charge < -0.3 is 20.3 Å². The number of aromatic amines is 2. The second kappa shape index (κ2) is 12.4. The summed E-state index contributed by atoms with van der Waals surface area (Å²) in [5, 5.41) is 12.7. The molecular weight excluding hydrogens is 579 g/mol. The van der Waals surface area contributed by atoms with Crippen molar-refractivity contribution < 1.29 is 14.3 Å². The number of carboxylic acids is 1. The van der Waals surface area contributed by atoms with E-state index in [4.69, 9.17) is 0 Å². The van der Waals surface area contributed by atoms with Crippen molar-refractivity contribution in [3.05, 3.63) is 95.7 Å². The van der Waals surface area contributed by atoms with Gasteiger partial charge >= 0.3 is 11.7 Å². The Kier molecular flexibility index (Phi) is 8.32. The summed E-state index contributed by atoms with van der Waals surface area (Å²) in [7, 11) is 0. The fraction of sp³-hybridized carbons (Fsp3) is 0.394. The summed E-state index contributed by atoms with van der Waals surface area (Å²) >= 11 is 0. The SMILES string of the molecule is Cc1ccc(Nc2cc(=O)n(CCCCN3CCN(c4cc5[nH]c(C6CC6)c(C(=O)O)c(=O)c5cc4F)CC3)c(=O)[nH]2)cc1C. The molecule has 1 saturated heterocycles. The van der Waals surface area contributed by atoms with Crippen LogP contribution in [0.15, 0.2) is 50.8 Å². The molecule has 1 saturated carbocycles. The quantitative estimate of drug-likeness (QED) is 0.196. The maximum Gasteiger partial charge on any atom is 0.341 e. The first kappa shape index (κ1) is 30.3. The van der Waals surface area contributed by atoms with Crippen LogP contribution in [0, 0.1) is 19.7 Å². The zero-order valence-corrected chi connectivity index (χ0v) is 25.4. The lowest BCUT2D eigenvalue weighted by Gasteiger charge is -2.36. The van der Waals surface area contributed by atoms with Crippen LogP contribution in [0.2, 0.25) is 0 Å². The Morgan fingerprint density at radius 1 is 0.956 bits per heavy atom. The molecule has 0 unspecified atom stereocenters. The minimum atomic E-state index is -1.29. The van der Waals surface area contributed by atoms with Gasteiger partial charge in [-0.2, -0.15) is 0 Å². The Bertz CT molecular complexity index is 1920. The van der Waals surface area contributed by atoms with Crippen molar-refractivity contribution in [2.45, 2.75) is 52.0 Å². The van der Waals surface area contributed by atoms with E-state index in [1.54, 1.807) is 6.07 Å². The molecule has 4 aromatic rings. The van der Waals surface area contributed by atoms with Gasteiger partial charge in [-0.15, -0.1) is 0 Å². The lowest BCUT2D eigenvalue weighted by Crippen LogP contribution is -2.47. The van der Waals surface area contributed by atoms with E-state index >= 15 is 4.39 Å². The van der Waals surface area contributed by atoms with Gasteiger partial charge in [0.25, 0.3) is 5.56 Å². The highest BCUT2D eigenvalue weighted by atomic mass is 19.1. The second-order valence-electron chi connectivity index (χ2n) is 12.1. The number of nitrogens with zero attached hydrogens (tertiary/aromatic N) is 3. The lowest BCUT2D eigenvalue weighted by atomic mass is 10.0. The minimum absolute atomic E-state index is 0.0204. The molecule has 3 heterocycles. The zero-order valence-electron chi connectivity index (χ0n) is 25.4. The molecule has 2 aromatic carbocycles. The smallest absolute Gasteiger partial charge is 0.341 e. The standard InChI is InChI=1S/C33H37FN6O5/c1-19-5-8-22(15-20(19)2)35-27-18-28(41)40(33(45)37-27)10-4-3-9-38-11-13-39(14-12-38)26-17-25-23(16-24(26)34)31(42)29(32(43)44)30(36-25)21-6-7-21/h5,8,15-18,21,35H,3-4,6-7,9-14H2,1-2H3,(H,36,42)(H,37,45)(H,43,44). The third-order valence-electron chi connectivity index (χ3n) is 8.92. The molecule has 0 spiro atoms. The molecule has 0 atom stereocenters. The first-order valence-electron chi connectivity index (χ1n) is 15.4. The van der Waals surface area contributed by atoms with E-state index in [1.165, 1.54) is 10.6 Å². The highest BCUT2D eigenvalue weighted by Gasteiger charge is 2.32. The maximum absolute atomic E-state index is 15.2. The molecule has 2 aliphatic rings. The van der Waals surface area contributed by atoms with Gasteiger partial charge in [0.2, 0.25) is 5.43 Å². The predicted octanol–water partition coefficient (Wildman–Crippen LogP) is 4.06. The number of benzene rings is 2. The molecule has 1 aliphatic carbocycles. The number of rotatable bonds is 10. The number of unbranched alkanes of at least 4 members (excludes halogenated alkanes) is 1. The van der Waals surface area contributed by atoms with E-state index < -0.39 is 22.9 Å². The largest absolute Gasteiger partial charge is 0.477 e. The normalized spacial score (nSPS) is 15.5. The number of aromatic nitrogens is 3. The van der Waals surface area contributed by atoms with E-state index in [1.807, 2.05) is 36.9 Å². The number of hydrogen-bond donors (Lipinski definition) is 4. The second-order valence-corrected chi connectivity index (χ2v) is 12.1. The van der Waals surface area contributed by atoms with Gasteiger partial charge in [0, 0.05) is 61.5 Å². The molecule has 0 bridgehead atoms. The van der Waals surface area contributed by atoms with E-state index in [2.05, 4.69) is 20.2 Å². The van der Waals surface area contributed by atoms with Crippen LogP contribution in [0.25, 0.3) is 10.9 Å². The van der Waals surface area contributed by atoms with Crippen LogP contribution in [-0.4, -0.2) is 63.2 Å². The molecule has 12 heteroatoms.